The molecule has 1 aromatic carbocycles. The molecule has 2 aromatic rings. The van der Waals surface area contributed by atoms with Crippen molar-refractivity contribution in [2.75, 3.05) is 7.11 Å². The number of methoxy groups -OCH3 is 1. The van der Waals surface area contributed by atoms with Gasteiger partial charge in [0.05, 0.1) is 18.4 Å². The molecule has 2 aliphatic rings. The van der Waals surface area contributed by atoms with E-state index in [1.165, 1.54) is 5.57 Å². The third kappa shape index (κ3) is 2.68. The van der Waals surface area contributed by atoms with Gasteiger partial charge >= 0.3 is 0 Å². The van der Waals surface area contributed by atoms with Gasteiger partial charge in [0.1, 0.15) is 11.5 Å². The molecule has 6 heteroatoms. The van der Waals surface area contributed by atoms with Crippen molar-refractivity contribution >= 4 is 18.3 Å². The van der Waals surface area contributed by atoms with Crippen molar-refractivity contribution in [1.82, 2.24) is 14.8 Å². The predicted octanol–water partition coefficient (Wildman–Crippen LogP) is 3.86. The summed E-state index contributed by atoms with van der Waals surface area (Å²) in [4.78, 5) is 0. The standard InChI is InChI=1S/C19H17N3O2S/c1-24-13-9-10-15(17(23)11-13)18-20-21-19(25)22(18)16-8-4-6-12-5-2-3-7-14(12)16/h2-5,7-12,23H,6H2,1H3,(H,21,25). The van der Waals surface area contributed by atoms with Crippen molar-refractivity contribution in [2.24, 2.45) is 5.92 Å². The highest BCUT2D eigenvalue weighted by atomic mass is 32.1. The second-order valence-corrected chi connectivity index (χ2v) is 6.27. The van der Waals surface area contributed by atoms with Crippen LogP contribution in [0.2, 0.25) is 0 Å². The van der Waals surface area contributed by atoms with Crippen molar-refractivity contribution in [3.8, 4) is 22.9 Å². The Bertz CT molecular complexity index is 954. The summed E-state index contributed by atoms with van der Waals surface area (Å²) in [6, 6.07) is 5.12. The molecule has 5 nitrogen and oxygen atoms in total. The second kappa shape index (κ2) is 6.29. The number of phenolic OH excluding ortho intramolecular Hbond substituents is 1. The van der Waals surface area contributed by atoms with Crippen LogP contribution in [0.15, 0.2) is 65.4 Å². The molecule has 0 saturated heterocycles. The van der Waals surface area contributed by atoms with Crippen LogP contribution in [0.4, 0.5) is 0 Å². The molecule has 1 unspecified atom stereocenters. The number of rotatable bonds is 3. The minimum atomic E-state index is 0.0855. The molecule has 1 heterocycles. The molecule has 0 bridgehead atoms. The maximum Gasteiger partial charge on any atom is 0.193 e. The van der Waals surface area contributed by atoms with Crippen molar-refractivity contribution in [1.29, 1.82) is 0 Å². The zero-order chi connectivity index (χ0) is 17.4. The van der Waals surface area contributed by atoms with Crippen molar-refractivity contribution in [3.05, 3.63) is 60.2 Å². The average molecular weight is 351 g/mol. The van der Waals surface area contributed by atoms with E-state index >= 15 is 0 Å². The molecule has 0 radical (unpaired) electrons. The fourth-order valence-electron chi connectivity index (χ4n) is 3.19. The monoisotopic (exact) mass is 351 g/mol. The molecule has 2 aliphatic carbocycles. The molecule has 0 spiro atoms. The van der Waals surface area contributed by atoms with Crippen LogP contribution in [0.1, 0.15) is 6.42 Å². The summed E-state index contributed by atoms with van der Waals surface area (Å²) in [5.41, 5.74) is 2.74. The summed E-state index contributed by atoms with van der Waals surface area (Å²) in [6.07, 6.45) is 13.5. The number of aromatic hydroxyl groups is 1. The van der Waals surface area contributed by atoms with E-state index in [0.29, 0.717) is 28.2 Å². The van der Waals surface area contributed by atoms with E-state index in [4.69, 9.17) is 4.74 Å². The van der Waals surface area contributed by atoms with Crippen LogP contribution in [0.5, 0.6) is 11.5 Å². The SMILES string of the molecule is COc1ccc(-c2nnc(S)n2C2=C3C=CC=CC3CC=C2)c(O)c1. The van der Waals surface area contributed by atoms with E-state index in [1.807, 2.05) is 10.6 Å². The Labute approximate surface area is 151 Å². The van der Waals surface area contributed by atoms with Crippen molar-refractivity contribution in [3.63, 3.8) is 0 Å². The zero-order valence-electron chi connectivity index (χ0n) is 13.6. The zero-order valence-corrected chi connectivity index (χ0v) is 14.5. The molecule has 1 aromatic heterocycles. The van der Waals surface area contributed by atoms with Gasteiger partial charge in [0.15, 0.2) is 11.0 Å². The smallest absolute Gasteiger partial charge is 0.193 e. The molecule has 0 fully saturated rings. The lowest BCUT2D eigenvalue weighted by atomic mass is 9.86. The Hall–Kier alpha value is -2.73. The number of aromatic nitrogens is 3. The third-order valence-corrected chi connectivity index (χ3v) is 4.71. The van der Waals surface area contributed by atoms with E-state index in [-0.39, 0.29) is 5.75 Å². The molecule has 25 heavy (non-hydrogen) atoms. The molecular weight excluding hydrogens is 334 g/mol. The van der Waals surface area contributed by atoms with E-state index in [0.717, 1.165) is 12.1 Å². The van der Waals surface area contributed by atoms with Crippen molar-refractivity contribution < 1.29 is 9.84 Å². The minimum Gasteiger partial charge on any atom is -0.507 e. The van der Waals surface area contributed by atoms with E-state index in [2.05, 4.69) is 53.2 Å². The first-order valence-electron chi connectivity index (χ1n) is 7.96. The van der Waals surface area contributed by atoms with Crippen LogP contribution in [0.25, 0.3) is 17.1 Å². The first-order chi connectivity index (χ1) is 12.2. The van der Waals surface area contributed by atoms with Gasteiger partial charge in [-0.2, -0.15) is 0 Å². The fraction of sp³-hybridized carbons (Fsp3) is 0.158. The maximum absolute atomic E-state index is 10.4. The fourth-order valence-corrected chi connectivity index (χ4v) is 3.44. The van der Waals surface area contributed by atoms with Crippen LogP contribution in [0.3, 0.4) is 0 Å². The largest absolute Gasteiger partial charge is 0.507 e. The summed E-state index contributed by atoms with van der Waals surface area (Å²) in [5.74, 6) is 1.54. The number of thiol groups is 1. The highest BCUT2D eigenvalue weighted by Crippen LogP contribution is 2.38. The Kier molecular flexibility index (Phi) is 3.97. The van der Waals surface area contributed by atoms with Crippen LogP contribution in [0, 0.1) is 5.92 Å². The first-order valence-corrected chi connectivity index (χ1v) is 8.41. The number of hydrogen-bond donors (Lipinski definition) is 2. The average Bonchev–Trinajstić information content (AvgIpc) is 3.02. The molecule has 1 N–H and O–H groups in total. The van der Waals surface area contributed by atoms with Crippen LogP contribution < -0.4 is 4.74 Å². The van der Waals surface area contributed by atoms with Gasteiger partial charge in [-0.05, 0) is 30.2 Å². The highest BCUT2D eigenvalue weighted by Gasteiger charge is 2.24. The van der Waals surface area contributed by atoms with Gasteiger partial charge in [0, 0.05) is 12.0 Å². The lowest BCUT2D eigenvalue weighted by Crippen LogP contribution is -2.11. The summed E-state index contributed by atoms with van der Waals surface area (Å²) >= 11 is 4.48. The van der Waals surface area contributed by atoms with Crippen LogP contribution in [-0.4, -0.2) is 27.0 Å². The lowest BCUT2D eigenvalue weighted by molar-refractivity contribution is 0.408. The quantitative estimate of drug-likeness (QED) is 0.825. The summed E-state index contributed by atoms with van der Waals surface area (Å²) in [5, 5.41) is 19.2. The number of benzene rings is 1. The molecule has 1 atom stereocenters. The van der Waals surface area contributed by atoms with E-state index < -0.39 is 0 Å². The summed E-state index contributed by atoms with van der Waals surface area (Å²) < 4.78 is 7.02. The third-order valence-electron chi connectivity index (χ3n) is 4.42. The van der Waals surface area contributed by atoms with E-state index in [9.17, 15) is 5.11 Å². The number of hydrogen-bond acceptors (Lipinski definition) is 5. The molecule has 0 aliphatic heterocycles. The van der Waals surface area contributed by atoms with Gasteiger partial charge in [-0.1, -0.05) is 30.4 Å². The summed E-state index contributed by atoms with van der Waals surface area (Å²) in [7, 11) is 1.56. The lowest BCUT2D eigenvalue weighted by Gasteiger charge is -2.24. The number of fused-ring (bicyclic) bond motifs is 1. The highest BCUT2D eigenvalue weighted by molar-refractivity contribution is 7.80. The van der Waals surface area contributed by atoms with Gasteiger partial charge in [-0.3, -0.25) is 4.57 Å². The Morgan fingerprint density at radius 1 is 1.24 bits per heavy atom. The van der Waals surface area contributed by atoms with Crippen LogP contribution >= 0.6 is 12.6 Å². The Morgan fingerprint density at radius 3 is 2.92 bits per heavy atom. The summed E-state index contributed by atoms with van der Waals surface area (Å²) in [6.45, 7) is 0. The normalized spacial score (nSPS) is 18.6. The molecular formula is C19H17N3O2S. The van der Waals surface area contributed by atoms with Gasteiger partial charge < -0.3 is 9.84 Å². The maximum atomic E-state index is 10.4. The minimum absolute atomic E-state index is 0.0855. The van der Waals surface area contributed by atoms with Crippen molar-refractivity contribution in [2.45, 2.75) is 11.6 Å². The number of ether oxygens (including phenoxy) is 1. The van der Waals surface area contributed by atoms with E-state index in [1.54, 1.807) is 25.3 Å². The van der Waals surface area contributed by atoms with Crippen LogP contribution in [-0.2, 0) is 0 Å². The number of nitrogens with zero attached hydrogens (tertiary/aromatic N) is 3. The number of allylic oxidation sites excluding steroid dienone is 8. The first kappa shape index (κ1) is 15.8. The molecule has 0 saturated carbocycles. The van der Waals surface area contributed by atoms with Gasteiger partial charge in [-0.25, -0.2) is 0 Å². The number of phenols is 1. The Morgan fingerprint density at radius 2 is 2.12 bits per heavy atom. The Balaban J connectivity index is 1.89. The topological polar surface area (TPSA) is 60.2 Å². The predicted molar refractivity (Wildman–Crippen MR) is 99.7 cm³/mol. The molecule has 4 rings (SSSR count). The molecule has 0 amide bonds. The molecule has 126 valence electrons. The van der Waals surface area contributed by atoms with Gasteiger partial charge in [0.25, 0.3) is 0 Å². The van der Waals surface area contributed by atoms with Gasteiger partial charge in [-0.15, -0.1) is 22.8 Å². The van der Waals surface area contributed by atoms with Gasteiger partial charge in [0.2, 0.25) is 0 Å². The second-order valence-electron chi connectivity index (χ2n) is 5.87.